The number of carbonyl (C=O) groups is 1. The van der Waals surface area contributed by atoms with Crippen LogP contribution in [0, 0.1) is 0 Å². The number of nitrogens with zero attached hydrogens (tertiary/aromatic N) is 1. The first-order chi connectivity index (χ1) is 13.7. The van der Waals surface area contributed by atoms with Gasteiger partial charge in [0.1, 0.15) is 11.5 Å². The van der Waals surface area contributed by atoms with Crippen LogP contribution in [0.1, 0.15) is 78.4 Å². The van der Waals surface area contributed by atoms with Crippen LogP contribution in [-0.4, -0.2) is 28.7 Å². The summed E-state index contributed by atoms with van der Waals surface area (Å²) in [6.45, 7) is 19.1. The van der Waals surface area contributed by atoms with Gasteiger partial charge in [0, 0.05) is 34.9 Å². The number of hydrogen-bond acceptors (Lipinski definition) is 3. The molecule has 0 radical (unpaired) electrons. The lowest BCUT2D eigenvalue weighted by Gasteiger charge is -2.32. The van der Waals surface area contributed by atoms with E-state index in [0.717, 1.165) is 22.5 Å². The van der Waals surface area contributed by atoms with Crippen LogP contribution in [0.2, 0.25) is 0 Å². The van der Waals surface area contributed by atoms with Gasteiger partial charge in [-0.05, 0) is 67.9 Å². The van der Waals surface area contributed by atoms with E-state index in [1.807, 2.05) is 39.0 Å². The van der Waals surface area contributed by atoms with Gasteiger partial charge in [0.05, 0.1) is 6.61 Å². The van der Waals surface area contributed by atoms with E-state index in [1.54, 1.807) is 7.11 Å². The highest BCUT2D eigenvalue weighted by Gasteiger charge is 2.35. The molecule has 0 bridgehead atoms. The van der Waals surface area contributed by atoms with E-state index in [1.165, 1.54) is 0 Å². The molecule has 0 aliphatic carbocycles. The number of ether oxygens (including phenoxy) is 1. The van der Waals surface area contributed by atoms with Crippen LogP contribution >= 0.6 is 0 Å². The van der Waals surface area contributed by atoms with Crippen molar-refractivity contribution in [3.05, 3.63) is 41.6 Å². The summed E-state index contributed by atoms with van der Waals surface area (Å²) < 4.78 is 7.74. The lowest BCUT2D eigenvalue weighted by atomic mass is 10.0. The third-order valence-electron chi connectivity index (χ3n) is 4.49. The largest absolute Gasteiger partial charge is 0.380 e. The number of nitrogens with one attached hydrogen (secondary N) is 2. The molecule has 5 heteroatoms. The van der Waals surface area contributed by atoms with E-state index in [2.05, 4.69) is 68.9 Å². The van der Waals surface area contributed by atoms with Crippen molar-refractivity contribution in [2.45, 2.75) is 85.5 Å². The minimum Gasteiger partial charge on any atom is -0.380 e. The molecule has 2 N–H and O–H groups in total. The topological polar surface area (TPSA) is 55.3 Å². The number of methoxy groups -OCH3 is 1. The van der Waals surface area contributed by atoms with Crippen LogP contribution in [0.15, 0.2) is 30.3 Å². The predicted molar refractivity (Wildman–Crippen MR) is 126 cm³/mol. The number of aromatic nitrogens is 1. The molecule has 0 spiro atoms. The quantitative estimate of drug-likeness (QED) is 0.652. The Labute approximate surface area is 182 Å². The normalized spacial score (nSPS) is 12.7. The third-order valence-corrected chi connectivity index (χ3v) is 4.49. The molecular weight excluding hydrogens is 374 g/mol. The summed E-state index contributed by atoms with van der Waals surface area (Å²) in [6, 6.07) is 10.2. The highest BCUT2D eigenvalue weighted by molar-refractivity contribution is 6.00. The molecule has 166 valence electrons. The number of benzene rings is 1. The van der Waals surface area contributed by atoms with E-state index in [0.29, 0.717) is 12.3 Å². The van der Waals surface area contributed by atoms with E-state index < -0.39 is 0 Å². The van der Waals surface area contributed by atoms with Crippen molar-refractivity contribution >= 4 is 11.7 Å². The summed E-state index contributed by atoms with van der Waals surface area (Å²) in [4.78, 5) is 13.6. The molecule has 1 aromatic heterocycles. The zero-order valence-corrected chi connectivity index (χ0v) is 20.4. The summed E-state index contributed by atoms with van der Waals surface area (Å²) in [5.41, 5.74) is 2.75. The highest BCUT2D eigenvalue weighted by atomic mass is 16.5. The first kappa shape index (κ1) is 24.0. The minimum absolute atomic E-state index is 0.0939. The van der Waals surface area contributed by atoms with Crippen LogP contribution in [0.5, 0.6) is 0 Å². The van der Waals surface area contributed by atoms with Crippen molar-refractivity contribution in [1.82, 2.24) is 9.88 Å². The maximum Gasteiger partial charge on any atom is 0.268 e. The minimum atomic E-state index is -0.348. The van der Waals surface area contributed by atoms with E-state index in [-0.39, 0.29) is 22.5 Å². The van der Waals surface area contributed by atoms with Crippen molar-refractivity contribution < 1.29 is 9.53 Å². The summed E-state index contributed by atoms with van der Waals surface area (Å²) in [5.74, 6) is 0.843. The highest BCUT2D eigenvalue weighted by Crippen LogP contribution is 2.42. The summed E-state index contributed by atoms with van der Waals surface area (Å²) in [6.07, 6.45) is 0. The van der Waals surface area contributed by atoms with Crippen molar-refractivity contribution in [3.63, 3.8) is 0 Å². The fourth-order valence-electron chi connectivity index (χ4n) is 3.60. The molecule has 0 aliphatic rings. The lowest BCUT2D eigenvalue weighted by Crippen LogP contribution is -2.43. The molecule has 5 nitrogen and oxygen atoms in total. The number of anilines is 1. The Bertz CT molecular complexity index is 876. The standard InChI is InChI=1S/C25H39N3O2/c1-23(2,3)26-21-19(17-14-12-11-13-15-17)18(16-30-10)20(28(21)25(7,8)9)22(29)27-24(4,5)6/h11-15,26H,16H2,1-10H3,(H,27,29). The lowest BCUT2D eigenvalue weighted by molar-refractivity contribution is 0.0898. The SMILES string of the molecule is COCc1c(-c2ccccc2)c(NC(C)(C)C)n(C(C)(C)C)c1C(=O)NC(C)(C)C. The van der Waals surface area contributed by atoms with Crippen LogP contribution < -0.4 is 10.6 Å². The van der Waals surface area contributed by atoms with Gasteiger partial charge >= 0.3 is 0 Å². The Morgan fingerprint density at radius 3 is 1.93 bits per heavy atom. The fourth-order valence-corrected chi connectivity index (χ4v) is 3.60. The van der Waals surface area contributed by atoms with Crippen molar-refractivity contribution in [2.75, 3.05) is 12.4 Å². The average molecular weight is 414 g/mol. The van der Waals surface area contributed by atoms with Crippen LogP contribution in [0.3, 0.4) is 0 Å². The maximum absolute atomic E-state index is 13.6. The van der Waals surface area contributed by atoms with E-state index in [4.69, 9.17) is 4.74 Å². The second-order valence-corrected chi connectivity index (χ2v) is 10.9. The Hall–Kier alpha value is -2.27. The van der Waals surface area contributed by atoms with Crippen molar-refractivity contribution in [1.29, 1.82) is 0 Å². The Balaban J connectivity index is 2.96. The Morgan fingerprint density at radius 1 is 0.933 bits per heavy atom. The van der Waals surface area contributed by atoms with E-state index >= 15 is 0 Å². The second kappa shape index (κ2) is 8.46. The van der Waals surface area contributed by atoms with Gasteiger partial charge in [0.2, 0.25) is 0 Å². The molecule has 0 saturated carbocycles. The number of amides is 1. The van der Waals surface area contributed by atoms with Gasteiger partial charge in [-0.25, -0.2) is 0 Å². The molecule has 0 saturated heterocycles. The second-order valence-electron chi connectivity index (χ2n) is 10.9. The molecule has 1 heterocycles. The molecule has 1 aromatic carbocycles. The zero-order valence-electron chi connectivity index (χ0n) is 20.4. The molecule has 0 atom stereocenters. The first-order valence-corrected chi connectivity index (χ1v) is 10.6. The fraction of sp³-hybridized carbons (Fsp3) is 0.560. The van der Waals surface area contributed by atoms with E-state index in [9.17, 15) is 4.79 Å². The smallest absolute Gasteiger partial charge is 0.268 e. The van der Waals surface area contributed by atoms with Gasteiger partial charge in [0.25, 0.3) is 5.91 Å². The molecule has 0 aliphatic heterocycles. The van der Waals surface area contributed by atoms with Gasteiger partial charge in [-0.15, -0.1) is 0 Å². The molecule has 1 amide bonds. The van der Waals surface area contributed by atoms with Gasteiger partial charge in [-0.1, -0.05) is 30.3 Å². The van der Waals surface area contributed by atoms with Gasteiger partial charge < -0.3 is 19.9 Å². The van der Waals surface area contributed by atoms with Crippen molar-refractivity contribution in [3.8, 4) is 11.1 Å². The third kappa shape index (κ3) is 5.66. The Morgan fingerprint density at radius 2 is 1.50 bits per heavy atom. The first-order valence-electron chi connectivity index (χ1n) is 10.6. The van der Waals surface area contributed by atoms with Crippen LogP contribution in [-0.2, 0) is 16.9 Å². The van der Waals surface area contributed by atoms with Crippen molar-refractivity contribution in [2.24, 2.45) is 0 Å². The summed E-state index contributed by atoms with van der Waals surface area (Å²) >= 11 is 0. The zero-order chi connectivity index (χ0) is 22.9. The van der Waals surface area contributed by atoms with Crippen LogP contribution in [0.4, 0.5) is 5.82 Å². The predicted octanol–water partition coefficient (Wildman–Crippen LogP) is 5.80. The maximum atomic E-state index is 13.6. The molecule has 2 aromatic rings. The Kier molecular flexibility index (Phi) is 6.77. The van der Waals surface area contributed by atoms with Gasteiger partial charge in [-0.2, -0.15) is 0 Å². The molecular formula is C25H39N3O2. The number of rotatable bonds is 5. The van der Waals surface area contributed by atoms with Crippen LogP contribution in [0.25, 0.3) is 11.1 Å². The molecule has 0 unspecified atom stereocenters. The molecule has 0 fully saturated rings. The summed E-state index contributed by atoms with van der Waals surface area (Å²) in [5, 5.41) is 6.85. The number of carbonyl (C=O) groups excluding carboxylic acids is 1. The monoisotopic (exact) mass is 413 g/mol. The molecule has 2 rings (SSSR count). The summed E-state index contributed by atoms with van der Waals surface area (Å²) in [7, 11) is 1.67. The van der Waals surface area contributed by atoms with Gasteiger partial charge in [-0.3, -0.25) is 4.79 Å². The molecule has 30 heavy (non-hydrogen) atoms. The average Bonchev–Trinajstić information content (AvgIpc) is 2.86. The number of hydrogen-bond donors (Lipinski definition) is 2. The van der Waals surface area contributed by atoms with Gasteiger partial charge in [0.15, 0.2) is 0 Å².